The van der Waals surface area contributed by atoms with Crippen molar-refractivity contribution in [3.63, 3.8) is 0 Å². The second kappa shape index (κ2) is 8.82. The number of carbonyl (C=O) groups is 2. The molecule has 2 amide bonds. The van der Waals surface area contributed by atoms with Gasteiger partial charge in [0.15, 0.2) is 0 Å². The van der Waals surface area contributed by atoms with Crippen LogP contribution in [-0.2, 0) is 4.79 Å². The van der Waals surface area contributed by atoms with Gasteiger partial charge in [0, 0.05) is 13.1 Å². The molecule has 0 aromatic carbocycles. The van der Waals surface area contributed by atoms with Crippen molar-refractivity contribution in [2.24, 2.45) is 17.8 Å². The van der Waals surface area contributed by atoms with Gasteiger partial charge in [-0.05, 0) is 31.1 Å². The molecule has 1 aliphatic rings. The average Bonchev–Trinajstić information content (AvgIpc) is 2.41. The summed E-state index contributed by atoms with van der Waals surface area (Å²) in [5, 5.41) is 14.6. The lowest BCUT2D eigenvalue weighted by Crippen LogP contribution is -2.42. The highest BCUT2D eigenvalue weighted by atomic mass is 16.4. The van der Waals surface area contributed by atoms with E-state index in [0.29, 0.717) is 24.8 Å². The highest BCUT2D eigenvalue weighted by Gasteiger charge is 2.20. The molecule has 0 heterocycles. The zero-order valence-corrected chi connectivity index (χ0v) is 12.7. The Morgan fingerprint density at radius 2 is 1.80 bits per heavy atom. The van der Waals surface area contributed by atoms with E-state index < -0.39 is 11.9 Å². The molecule has 0 aromatic heterocycles. The number of aliphatic carboxylic acids is 1. The van der Waals surface area contributed by atoms with E-state index in [2.05, 4.69) is 10.6 Å². The molecular formula is C15H28N2O3. The first-order valence-corrected chi connectivity index (χ1v) is 7.73. The number of nitrogens with one attached hydrogen (secondary N) is 2. The van der Waals surface area contributed by atoms with Crippen LogP contribution in [0, 0.1) is 17.8 Å². The Balaban J connectivity index is 2.21. The van der Waals surface area contributed by atoms with Gasteiger partial charge in [-0.1, -0.05) is 33.1 Å². The molecule has 5 nitrogen and oxygen atoms in total. The van der Waals surface area contributed by atoms with Crippen molar-refractivity contribution in [3.8, 4) is 0 Å². The Hall–Kier alpha value is -1.26. The molecule has 116 valence electrons. The Morgan fingerprint density at radius 1 is 1.15 bits per heavy atom. The lowest BCUT2D eigenvalue weighted by molar-refractivity contribution is -0.142. The summed E-state index contributed by atoms with van der Waals surface area (Å²) >= 11 is 0. The van der Waals surface area contributed by atoms with Crippen LogP contribution in [0.2, 0.25) is 0 Å². The first-order valence-electron chi connectivity index (χ1n) is 7.73. The summed E-state index contributed by atoms with van der Waals surface area (Å²) in [5.41, 5.74) is 0. The monoisotopic (exact) mass is 284 g/mol. The molecule has 0 radical (unpaired) electrons. The van der Waals surface area contributed by atoms with Crippen LogP contribution in [0.3, 0.4) is 0 Å². The van der Waals surface area contributed by atoms with Gasteiger partial charge in [-0.25, -0.2) is 4.79 Å². The van der Waals surface area contributed by atoms with E-state index in [1.165, 1.54) is 32.1 Å². The van der Waals surface area contributed by atoms with Crippen LogP contribution >= 0.6 is 0 Å². The Kier molecular flexibility index (Phi) is 7.41. The molecule has 0 saturated heterocycles. The normalized spacial score (nSPS) is 17.8. The minimum absolute atomic E-state index is 0.198. The van der Waals surface area contributed by atoms with Crippen LogP contribution in [0.25, 0.3) is 0 Å². The zero-order chi connectivity index (χ0) is 15.0. The van der Waals surface area contributed by atoms with Gasteiger partial charge in [-0.2, -0.15) is 0 Å². The molecule has 1 unspecified atom stereocenters. The SMILES string of the molecule is CC(C)CC(CNC(=O)NCC1CCCCC1)C(=O)O. The van der Waals surface area contributed by atoms with Crippen molar-refractivity contribution in [1.82, 2.24) is 10.6 Å². The summed E-state index contributed by atoms with van der Waals surface area (Å²) in [4.78, 5) is 22.8. The summed E-state index contributed by atoms with van der Waals surface area (Å²) in [5.74, 6) is -0.453. The number of amides is 2. The summed E-state index contributed by atoms with van der Waals surface area (Å²) in [6.45, 7) is 4.87. The fourth-order valence-corrected chi connectivity index (χ4v) is 2.75. The van der Waals surface area contributed by atoms with Crippen LogP contribution < -0.4 is 10.6 Å². The lowest BCUT2D eigenvalue weighted by Gasteiger charge is -2.22. The number of hydrogen-bond donors (Lipinski definition) is 3. The largest absolute Gasteiger partial charge is 0.481 e. The predicted octanol–water partition coefficient (Wildman–Crippen LogP) is 2.61. The second-order valence-corrected chi connectivity index (χ2v) is 6.26. The molecule has 1 atom stereocenters. The van der Waals surface area contributed by atoms with Crippen molar-refractivity contribution in [2.45, 2.75) is 52.4 Å². The standard InChI is InChI=1S/C15H28N2O3/c1-11(2)8-13(14(18)19)10-17-15(20)16-9-12-6-4-3-5-7-12/h11-13H,3-10H2,1-2H3,(H,18,19)(H2,16,17,20). The predicted molar refractivity (Wildman–Crippen MR) is 78.6 cm³/mol. The van der Waals surface area contributed by atoms with Gasteiger partial charge in [0.1, 0.15) is 0 Å². The van der Waals surface area contributed by atoms with E-state index in [1.807, 2.05) is 13.8 Å². The number of carboxylic acid groups (broad SMARTS) is 1. The third-order valence-electron chi connectivity index (χ3n) is 3.89. The van der Waals surface area contributed by atoms with E-state index in [-0.39, 0.29) is 12.6 Å². The van der Waals surface area contributed by atoms with E-state index in [0.717, 1.165) is 0 Å². The lowest BCUT2D eigenvalue weighted by atomic mass is 9.89. The molecule has 3 N–H and O–H groups in total. The summed E-state index contributed by atoms with van der Waals surface area (Å²) in [7, 11) is 0. The summed E-state index contributed by atoms with van der Waals surface area (Å²) in [6.07, 6.45) is 6.76. The van der Waals surface area contributed by atoms with Crippen molar-refractivity contribution in [3.05, 3.63) is 0 Å². The molecule has 1 saturated carbocycles. The van der Waals surface area contributed by atoms with Crippen molar-refractivity contribution in [2.75, 3.05) is 13.1 Å². The number of rotatable bonds is 7. The number of carbonyl (C=O) groups excluding carboxylic acids is 1. The van der Waals surface area contributed by atoms with Crippen LogP contribution in [-0.4, -0.2) is 30.2 Å². The number of carboxylic acids is 1. The minimum atomic E-state index is -0.841. The van der Waals surface area contributed by atoms with Gasteiger partial charge < -0.3 is 15.7 Å². The van der Waals surface area contributed by atoms with Crippen LogP contribution in [0.5, 0.6) is 0 Å². The van der Waals surface area contributed by atoms with Gasteiger partial charge in [0.05, 0.1) is 5.92 Å². The summed E-state index contributed by atoms with van der Waals surface area (Å²) in [6, 6.07) is -0.245. The third kappa shape index (κ3) is 6.78. The van der Waals surface area contributed by atoms with Gasteiger partial charge in [0.2, 0.25) is 0 Å². The molecule has 0 aromatic rings. The fraction of sp³-hybridized carbons (Fsp3) is 0.867. The molecule has 0 aliphatic heterocycles. The van der Waals surface area contributed by atoms with E-state index in [4.69, 9.17) is 5.11 Å². The molecular weight excluding hydrogens is 256 g/mol. The maximum Gasteiger partial charge on any atom is 0.314 e. The van der Waals surface area contributed by atoms with Crippen LogP contribution in [0.4, 0.5) is 4.79 Å². The Morgan fingerprint density at radius 3 is 2.35 bits per heavy atom. The van der Waals surface area contributed by atoms with Gasteiger partial charge >= 0.3 is 12.0 Å². The number of urea groups is 1. The minimum Gasteiger partial charge on any atom is -0.481 e. The van der Waals surface area contributed by atoms with Crippen LogP contribution in [0.15, 0.2) is 0 Å². The van der Waals surface area contributed by atoms with Gasteiger partial charge in [0.25, 0.3) is 0 Å². The maximum atomic E-state index is 11.7. The fourth-order valence-electron chi connectivity index (χ4n) is 2.75. The first kappa shape index (κ1) is 16.8. The summed E-state index contributed by atoms with van der Waals surface area (Å²) < 4.78 is 0. The first-order chi connectivity index (χ1) is 9.49. The Labute approximate surface area is 121 Å². The molecule has 20 heavy (non-hydrogen) atoms. The molecule has 1 aliphatic carbocycles. The van der Waals surface area contributed by atoms with Crippen LogP contribution in [0.1, 0.15) is 52.4 Å². The van der Waals surface area contributed by atoms with Crippen molar-refractivity contribution in [1.29, 1.82) is 0 Å². The quantitative estimate of drug-likeness (QED) is 0.672. The van der Waals surface area contributed by atoms with Crippen molar-refractivity contribution < 1.29 is 14.7 Å². The number of hydrogen-bond acceptors (Lipinski definition) is 2. The molecule has 5 heteroatoms. The molecule has 0 spiro atoms. The van der Waals surface area contributed by atoms with Gasteiger partial charge in [-0.3, -0.25) is 4.79 Å². The van der Waals surface area contributed by atoms with Gasteiger partial charge in [-0.15, -0.1) is 0 Å². The highest BCUT2D eigenvalue weighted by Crippen LogP contribution is 2.22. The second-order valence-electron chi connectivity index (χ2n) is 6.26. The van der Waals surface area contributed by atoms with E-state index >= 15 is 0 Å². The Bertz CT molecular complexity index is 312. The average molecular weight is 284 g/mol. The molecule has 0 bridgehead atoms. The van der Waals surface area contributed by atoms with Crippen molar-refractivity contribution >= 4 is 12.0 Å². The molecule has 1 rings (SSSR count). The van der Waals surface area contributed by atoms with E-state index in [1.54, 1.807) is 0 Å². The maximum absolute atomic E-state index is 11.7. The molecule has 1 fully saturated rings. The third-order valence-corrected chi connectivity index (χ3v) is 3.89. The topological polar surface area (TPSA) is 78.4 Å². The zero-order valence-electron chi connectivity index (χ0n) is 12.7. The smallest absolute Gasteiger partial charge is 0.314 e. The highest BCUT2D eigenvalue weighted by molar-refractivity contribution is 5.75. The van der Waals surface area contributed by atoms with E-state index in [9.17, 15) is 9.59 Å².